The summed E-state index contributed by atoms with van der Waals surface area (Å²) >= 11 is 0. The van der Waals surface area contributed by atoms with E-state index in [1.54, 1.807) is 6.07 Å². The number of anilines is 1. The molecule has 0 saturated heterocycles. The lowest BCUT2D eigenvalue weighted by Crippen LogP contribution is -2.45. The lowest BCUT2D eigenvalue weighted by molar-refractivity contribution is -0.138. The molecule has 2 N–H and O–H groups in total. The van der Waals surface area contributed by atoms with Crippen LogP contribution in [0.3, 0.4) is 0 Å². The first-order valence-electron chi connectivity index (χ1n) is 4.95. The minimum absolute atomic E-state index is 0.0857. The number of hydrogen-bond donors (Lipinski definition) is 2. The van der Waals surface area contributed by atoms with Gasteiger partial charge < -0.3 is 10.4 Å². The Morgan fingerprint density at radius 3 is 2.53 bits per heavy atom. The maximum atomic E-state index is 13.4. The molecule has 0 aliphatic heterocycles. The van der Waals surface area contributed by atoms with E-state index in [1.807, 2.05) is 0 Å². The van der Waals surface area contributed by atoms with E-state index in [0.717, 1.165) is 4.90 Å². The van der Waals surface area contributed by atoms with E-state index in [4.69, 9.17) is 5.11 Å². The zero-order valence-corrected chi connectivity index (χ0v) is 9.48. The Hall–Kier alpha value is -2.11. The van der Waals surface area contributed by atoms with Crippen LogP contribution >= 0.6 is 0 Å². The van der Waals surface area contributed by atoms with Gasteiger partial charge in [-0.3, -0.25) is 9.69 Å². The fourth-order valence-electron chi connectivity index (χ4n) is 1.18. The van der Waals surface area contributed by atoms with Crippen LogP contribution < -0.4 is 10.2 Å². The number of rotatable bonds is 3. The summed E-state index contributed by atoms with van der Waals surface area (Å²) < 4.78 is 13.4. The van der Waals surface area contributed by atoms with Crippen molar-refractivity contribution in [2.24, 2.45) is 0 Å². The Labute approximate surface area is 97.8 Å². The zero-order chi connectivity index (χ0) is 13.0. The number of carbonyl (C=O) groups excluding carboxylic acids is 1. The van der Waals surface area contributed by atoms with Crippen molar-refractivity contribution < 1.29 is 19.1 Å². The molecule has 1 atom stereocenters. The van der Waals surface area contributed by atoms with Crippen molar-refractivity contribution in [3.63, 3.8) is 0 Å². The summed E-state index contributed by atoms with van der Waals surface area (Å²) in [4.78, 5) is 23.2. The first-order valence-corrected chi connectivity index (χ1v) is 4.95. The zero-order valence-electron chi connectivity index (χ0n) is 9.48. The Morgan fingerprint density at radius 1 is 1.41 bits per heavy atom. The molecule has 0 bridgehead atoms. The number of nitrogens with one attached hydrogen (secondary N) is 1. The third-order valence-electron chi connectivity index (χ3n) is 2.23. The molecular weight excluding hydrogens is 227 g/mol. The number of carboxylic acids is 1. The highest BCUT2D eigenvalue weighted by Crippen LogP contribution is 2.16. The van der Waals surface area contributed by atoms with Gasteiger partial charge in [0.15, 0.2) is 0 Å². The molecule has 17 heavy (non-hydrogen) atoms. The summed E-state index contributed by atoms with van der Waals surface area (Å²) in [6, 6.07) is 4.04. The van der Waals surface area contributed by atoms with E-state index in [9.17, 15) is 14.0 Å². The highest BCUT2D eigenvalue weighted by Gasteiger charge is 2.19. The van der Waals surface area contributed by atoms with Crippen LogP contribution in [0.2, 0.25) is 0 Å². The van der Waals surface area contributed by atoms with Gasteiger partial charge in [0.05, 0.1) is 5.69 Å². The maximum Gasteiger partial charge on any atom is 0.325 e. The molecule has 1 aromatic rings. The second-order valence-corrected chi connectivity index (χ2v) is 3.52. The van der Waals surface area contributed by atoms with Crippen molar-refractivity contribution in [1.29, 1.82) is 0 Å². The van der Waals surface area contributed by atoms with Gasteiger partial charge in [-0.25, -0.2) is 9.18 Å². The van der Waals surface area contributed by atoms with Crippen molar-refractivity contribution >= 4 is 17.7 Å². The van der Waals surface area contributed by atoms with Crippen molar-refractivity contribution in [2.45, 2.75) is 13.0 Å². The van der Waals surface area contributed by atoms with Crippen molar-refractivity contribution in [3.05, 3.63) is 30.1 Å². The van der Waals surface area contributed by atoms with E-state index in [1.165, 1.54) is 32.2 Å². The van der Waals surface area contributed by atoms with E-state index in [2.05, 4.69) is 5.32 Å². The van der Waals surface area contributed by atoms with Gasteiger partial charge in [-0.15, -0.1) is 0 Å². The molecular formula is C11H13FN2O3. The summed E-state index contributed by atoms with van der Waals surface area (Å²) in [5, 5.41) is 10.9. The number of amides is 2. The molecule has 2 amide bonds. The molecule has 0 aliphatic carbocycles. The fraction of sp³-hybridized carbons (Fsp3) is 0.273. The fourth-order valence-corrected chi connectivity index (χ4v) is 1.18. The minimum atomic E-state index is -1.15. The molecule has 1 rings (SSSR count). The van der Waals surface area contributed by atoms with Crippen LogP contribution in [0.15, 0.2) is 24.3 Å². The van der Waals surface area contributed by atoms with Gasteiger partial charge in [0.1, 0.15) is 11.9 Å². The maximum absolute atomic E-state index is 13.4. The van der Waals surface area contributed by atoms with Crippen molar-refractivity contribution in [1.82, 2.24) is 5.32 Å². The summed E-state index contributed by atoms with van der Waals surface area (Å²) in [5.41, 5.74) is 0.0857. The number of carbonyl (C=O) groups is 2. The predicted molar refractivity (Wildman–Crippen MR) is 60.4 cm³/mol. The standard InChI is InChI=1S/C11H13FN2O3/c1-7(10(15)16)13-11(17)14(2)9-6-4-3-5-8(9)12/h3-7H,1-2H3,(H,13,17)(H,15,16). The third-order valence-corrected chi connectivity index (χ3v) is 2.23. The first-order chi connectivity index (χ1) is 7.93. The Kier molecular flexibility index (Phi) is 4.03. The van der Waals surface area contributed by atoms with Gasteiger partial charge in [-0.2, -0.15) is 0 Å². The van der Waals surface area contributed by atoms with E-state index in [-0.39, 0.29) is 5.69 Å². The summed E-state index contributed by atoms with van der Waals surface area (Å²) in [6.45, 7) is 1.33. The number of carboxylic acid groups (broad SMARTS) is 1. The first kappa shape index (κ1) is 13.0. The van der Waals surface area contributed by atoms with Crippen LogP contribution in [0.1, 0.15) is 6.92 Å². The number of urea groups is 1. The highest BCUT2D eigenvalue weighted by molar-refractivity contribution is 5.93. The highest BCUT2D eigenvalue weighted by atomic mass is 19.1. The molecule has 0 aromatic heterocycles. The van der Waals surface area contributed by atoms with Crippen LogP contribution in [0.4, 0.5) is 14.9 Å². The molecule has 1 unspecified atom stereocenters. The van der Waals surface area contributed by atoms with Crippen LogP contribution in [-0.2, 0) is 4.79 Å². The molecule has 0 aliphatic rings. The van der Waals surface area contributed by atoms with Gasteiger partial charge in [0, 0.05) is 7.05 Å². The van der Waals surface area contributed by atoms with E-state index >= 15 is 0 Å². The molecule has 1 aromatic carbocycles. The Morgan fingerprint density at radius 2 is 2.00 bits per heavy atom. The molecule has 6 heteroatoms. The summed E-state index contributed by atoms with van der Waals surface area (Å²) in [6.07, 6.45) is 0. The minimum Gasteiger partial charge on any atom is -0.480 e. The average Bonchev–Trinajstić information content (AvgIpc) is 2.28. The number of hydrogen-bond acceptors (Lipinski definition) is 2. The van der Waals surface area contributed by atoms with Crippen LogP contribution in [0, 0.1) is 5.82 Å². The molecule has 0 spiro atoms. The van der Waals surface area contributed by atoms with E-state index in [0.29, 0.717) is 0 Å². The van der Waals surface area contributed by atoms with Crippen molar-refractivity contribution in [2.75, 3.05) is 11.9 Å². The normalized spacial score (nSPS) is 11.7. The van der Waals surface area contributed by atoms with Gasteiger partial charge in [0.25, 0.3) is 0 Å². The second-order valence-electron chi connectivity index (χ2n) is 3.52. The number of benzene rings is 1. The number of nitrogens with zero attached hydrogens (tertiary/aromatic N) is 1. The lowest BCUT2D eigenvalue weighted by atomic mass is 10.3. The summed E-state index contributed by atoms with van der Waals surface area (Å²) in [7, 11) is 1.36. The van der Waals surface area contributed by atoms with Gasteiger partial charge in [-0.05, 0) is 19.1 Å². The molecule has 0 heterocycles. The van der Waals surface area contributed by atoms with Crippen molar-refractivity contribution in [3.8, 4) is 0 Å². The smallest absolute Gasteiger partial charge is 0.325 e. The number of aliphatic carboxylic acids is 1. The average molecular weight is 240 g/mol. The Balaban J connectivity index is 2.77. The monoisotopic (exact) mass is 240 g/mol. The number of halogens is 1. The van der Waals surface area contributed by atoms with Gasteiger partial charge >= 0.3 is 12.0 Å². The largest absolute Gasteiger partial charge is 0.480 e. The second kappa shape index (κ2) is 5.29. The van der Waals surface area contributed by atoms with Gasteiger partial charge in [0.2, 0.25) is 0 Å². The number of para-hydroxylation sites is 1. The van der Waals surface area contributed by atoms with Gasteiger partial charge in [-0.1, -0.05) is 12.1 Å². The molecule has 0 fully saturated rings. The SMILES string of the molecule is CC(NC(=O)N(C)c1ccccc1F)C(=O)O. The van der Waals surface area contributed by atoms with Crippen LogP contribution in [0.5, 0.6) is 0 Å². The van der Waals surface area contributed by atoms with E-state index < -0.39 is 23.9 Å². The quantitative estimate of drug-likeness (QED) is 0.840. The van der Waals surface area contributed by atoms with Crippen LogP contribution in [-0.4, -0.2) is 30.2 Å². The van der Waals surface area contributed by atoms with Crippen LogP contribution in [0.25, 0.3) is 0 Å². The molecule has 0 saturated carbocycles. The Bertz CT molecular complexity index is 436. The molecule has 0 radical (unpaired) electrons. The molecule has 5 nitrogen and oxygen atoms in total. The topological polar surface area (TPSA) is 69.6 Å². The summed E-state index contributed by atoms with van der Waals surface area (Å²) in [5.74, 6) is -1.70. The predicted octanol–water partition coefficient (Wildman–Crippen LogP) is 1.44. The lowest BCUT2D eigenvalue weighted by Gasteiger charge is -2.20. The molecule has 92 valence electrons. The third kappa shape index (κ3) is 3.17.